The van der Waals surface area contributed by atoms with Crippen molar-refractivity contribution < 1.29 is 14.0 Å². The van der Waals surface area contributed by atoms with Gasteiger partial charge in [-0.05, 0) is 44.4 Å². The number of benzene rings is 2. The molecule has 2 aromatic carbocycles. The molecule has 3 N–H and O–H groups in total. The number of anilines is 5. The van der Waals surface area contributed by atoms with Gasteiger partial charge in [-0.15, -0.1) is 0 Å². The van der Waals surface area contributed by atoms with Crippen LogP contribution in [0.5, 0.6) is 5.75 Å². The number of halogens is 1. The molecule has 2 saturated heterocycles. The van der Waals surface area contributed by atoms with Gasteiger partial charge in [0.25, 0.3) is 0 Å². The first-order chi connectivity index (χ1) is 20.3. The number of piperazine rings is 1. The van der Waals surface area contributed by atoms with Gasteiger partial charge in [0, 0.05) is 75.0 Å². The number of hydrogen-bond donors (Lipinski definition) is 3. The summed E-state index contributed by atoms with van der Waals surface area (Å²) >= 11 is 6.47. The summed E-state index contributed by atoms with van der Waals surface area (Å²) in [6, 6.07) is 12.2. The minimum Gasteiger partial charge on any atom is -0.494 e. The number of piperidine rings is 1. The van der Waals surface area contributed by atoms with Crippen LogP contribution in [0.2, 0.25) is 5.02 Å². The Hall–Kier alpha value is -2.88. The van der Waals surface area contributed by atoms with E-state index in [2.05, 4.69) is 41.8 Å². The molecule has 2 aliphatic heterocycles. The third-order valence-electron chi connectivity index (χ3n) is 7.90. The Bertz CT molecular complexity index is 1420. The zero-order valence-corrected chi connectivity index (χ0v) is 26.5. The molecule has 12 heteroatoms. The van der Waals surface area contributed by atoms with Crippen LogP contribution in [0.25, 0.3) is 0 Å². The molecule has 0 radical (unpaired) electrons. The lowest BCUT2D eigenvalue weighted by Gasteiger charge is -2.41. The molecule has 3 heterocycles. The van der Waals surface area contributed by atoms with Crippen LogP contribution < -0.4 is 30.9 Å². The number of nitrogens with one attached hydrogen (secondary N) is 3. The highest BCUT2D eigenvalue weighted by atomic mass is 35.5. The zero-order chi connectivity index (χ0) is 29.7. The molecule has 1 aromatic heterocycles. The Labute approximate surface area is 253 Å². The van der Waals surface area contributed by atoms with Crippen LogP contribution in [0.3, 0.4) is 0 Å². The first-order valence-corrected chi connectivity index (χ1v) is 17.4. The van der Waals surface area contributed by atoms with E-state index in [9.17, 15) is 4.57 Å². The largest absolute Gasteiger partial charge is 0.494 e. The molecule has 226 valence electrons. The minimum atomic E-state index is -2.53. The van der Waals surface area contributed by atoms with E-state index in [1.54, 1.807) is 33.7 Å². The normalized spacial score (nSPS) is 16.8. The van der Waals surface area contributed by atoms with Crippen molar-refractivity contribution in [1.29, 1.82) is 0 Å². The Morgan fingerprint density at radius 2 is 1.79 bits per heavy atom. The molecule has 0 spiro atoms. The standard InChI is InChI=1S/C30H41ClN7O3P/c1-40-20-21-17-25(27(41-2)18-26(21)38-13-9-22(10-14-38)37-15-11-32-12-16-37)35-30-33-19-23(31)29(36-30)34-24-7-5-6-8-28(24)42(3,4)39/h5-8,17-19,22,32H,9-16,20H2,1-4H3,(H2,33,34,35,36). The van der Waals surface area contributed by atoms with Crippen LogP contribution in [-0.2, 0) is 15.9 Å². The lowest BCUT2D eigenvalue weighted by Crippen LogP contribution is -2.52. The van der Waals surface area contributed by atoms with Crippen LogP contribution in [0.15, 0.2) is 42.6 Å². The van der Waals surface area contributed by atoms with Gasteiger partial charge in [0.05, 0.1) is 31.3 Å². The van der Waals surface area contributed by atoms with Crippen molar-refractivity contribution in [2.75, 3.05) is 82.4 Å². The van der Waals surface area contributed by atoms with Gasteiger partial charge < -0.3 is 34.9 Å². The molecule has 0 unspecified atom stereocenters. The maximum atomic E-state index is 12.9. The SMILES string of the molecule is COCc1cc(Nc2ncc(Cl)c(Nc3ccccc3P(C)(C)=O)n2)c(OC)cc1N1CCC(N2CCNCC2)CC1. The lowest BCUT2D eigenvalue weighted by molar-refractivity contribution is 0.149. The van der Waals surface area contributed by atoms with Crippen molar-refractivity contribution in [2.24, 2.45) is 0 Å². The summed E-state index contributed by atoms with van der Waals surface area (Å²) in [7, 11) is 0.847. The zero-order valence-electron chi connectivity index (χ0n) is 24.8. The molecule has 0 amide bonds. The smallest absolute Gasteiger partial charge is 0.229 e. The molecule has 2 fully saturated rings. The van der Waals surface area contributed by atoms with Crippen molar-refractivity contribution >= 4 is 52.9 Å². The van der Waals surface area contributed by atoms with E-state index in [1.165, 1.54) is 0 Å². The number of ether oxygens (including phenoxy) is 2. The lowest BCUT2D eigenvalue weighted by atomic mass is 10.0. The summed E-state index contributed by atoms with van der Waals surface area (Å²) in [5, 5.41) is 11.1. The highest BCUT2D eigenvalue weighted by Gasteiger charge is 2.27. The second-order valence-corrected chi connectivity index (χ2v) is 14.7. The summed E-state index contributed by atoms with van der Waals surface area (Å²) in [5.74, 6) is 1.45. The fourth-order valence-corrected chi connectivity index (χ4v) is 7.07. The Morgan fingerprint density at radius 1 is 1.05 bits per heavy atom. The summed E-state index contributed by atoms with van der Waals surface area (Å²) in [5.41, 5.74) is 3.61. The molecule has 0 aliphatic carbocycles. The topological polar surface area (TPSA) is 104 Å². The number of hydrogen-bond acceptors (Lipinski definition) is 10. The summed E-state index contributed by atoms with van der Waals surface area (Å²) in [4.78, 5) is 14.1. The fraction of sp³-hybridized carbons (Fsp3) is 0.467. The Balaban J connectivity index is 1.37. The number of methoxy groups -OCH3 is 2. The summed E-state index contributed by atoms with van der Waals surface area (Å²) < 4.78 is 24.3. The number of aromatic nitrogens is 2. The average molecular weight is 614 g/mol. The van der Waals surface area contributed by atoms with Crippen LogP contribution in [-0.4, -0.2) is 87.7 Å². The highest BCUT2D eigenvalue weighted by molar-refractivity contribution is 7.70. The molecule has 10 nitrogen and oxygen atoms in total. The maximum Gasteiger partial charge on any atom is 0.229 e. The van der Waals surface area contributed by atoms with Gasteiger partial charge in [0.1, 0.15) is 17.9 Å². The molecule has 5 rings (SSSR count). The molecule has 0 atom stereocenters. The van der Waals surface area contributed by atoms with Crippen LogP contribution >= 0.6 is 18.7 Å². The monoisotopic (exact) mass is 613 g/mol. The number of para-hydroxylation sites is 1. The average Bonchev–Trinajstić information content (AvgIpc) is 2.99. The summed E-state index contributed by atoms with van der Waals surface area (Å²) in [6.45, 7) is 10.3. The molecule has 0 saturated carbocycles. The van der Waals surface area contributed by atoms with Crippen molar-refractivity contribution in [1.82, 2.24) is 20.2 Å². The molecule has 42 heavy (non-hydrogen) atoms. The minimum absolute atomic E-state index is 0.349. The Kier molecular flexibility index (Phi) is 9.91. The highest BCUT2D eigenvalue weighted by Crippen LogP contribution is 2.39. The third-order valence-corrected chi connectivity index (χ3v) is 9.73. The predicted molar refractivity (Wildman–Crippen MR) is 173 cm³/mol. The molecular formula is C30H41ClN7O3P. The van der Waals surface area contributed by atoms with E-state index < -0.39 is 7.14 Å². The van der Waals surface area contributed by atoms with Gasteiger partial charge >= 0.3 is 0 Å². The van der Waals surface area contributed by atoms with E-state index in [4.69, 9.17) is 21.1 Å². The number of nitrogens with zero attached hydrogens (tertiary/aromatic N) is 4. The first-order valence-electron chi connectivity index (χ1n) is 14.4. The van der Waals surface area contributed by atoms with Gasteiger partial charge in [0.15, 0.2) is 5.82 Å². The van der Waals surface area contributed by atoms with E-state index in [0.717, 1.165) is 74.4 Å². The second-order valence-electron chi connectivity index (χ2n) is 11.1. The van der Waals surface area contributed by atoms with Gasteiger partial charge in [-0.2, -0.15) is 4.98 Å². The first kappa shape index (κ1) is 30.6. The molecule has 2 aliphatic rings. The van der Waals surface area contributed by atoms with Crippen LogP contribution in [0, 0.1) is 0 Å². The van der Waals surface area contributed by atoms with Crippen molar-refractivity contribution in [3.8, 4) is 5.75 Å². The van der Waals surface area contributed by atoms with Crippen LogP contribution in [0.4, 0.5) is 28.8 Å². The molecular weight excluding hydrogens is 573 g/mol. The van der Waals surface area contributed by atoms with E-state index in [-0.39, 0.29) is 0 Å². The van der Waals surface area contributed by atoms with E-state index in [0.29, 0.717) is 40.9 Å². The maximum absolute atomic E-state index is 12.9. The van der Waals surface area contributed by atoms with E-state index >= 15 is 0 Å². The van der Waals surface area contributed by atoms with Crippen molar-refractivity contribution in [2.45, 2.75) is 25.5 Å². The quantitative estimate of drug-likeness (QED) is 0.274. The fourth-order valence-electron chi connectivity index (χ4n) is 5.78. The van der Waals surface area contributed by atoms with E-state index in [1.807, 2.05) is 30.3 Å². The third kappa shape index (κ3) is 7.18. The predicted octanol–water partition coefficient (Wildman–Crippen LogP) is 4.89. The van der Waals surface area contributed by atoms with Gasteiger partial charge in [-0.1, -0.05) is 23.7 Å². The number of rotatable bonds is 10. The van der Waals surface area contributed by atoms with Gasteiger partial charge in [-0.3, -0.25) is 4.90 Å². The van der Waals surface area contributed by atoms with Gasteiger partial charge in [0.2, 0.25) is 5.95 Å². The molecule has 0 bridgehead atoms. The van der Waals surface area contributed by atoms with Gasteiger partial charge in [-0.25, -0.2) is 4.98 Å². The summed E-state index contributed by atoms with van der Waals surface area (Å²) in [6.07, 6.45) is 3.81. The Morgan fingerprint density at radius 3 is 2.48 bits per heavy atom. The van der Waals surface area contributed by atoms with Crippen molar-refractivity contribution in [3.63, 3.8) is 0 Å². The molecule has 3 aromatic rings. The van der Waals surface area contributed by atoms with Crippen molar-refractivity contribution in [3.05, 3.63) is 53.2 Å². The van der Waals surface area contributed by atoms with Crippen LogP contribution in [0.1, 0.15) is 18.4 Å². The second kappa shape index (κ2) is 13.6.